The lowest BCUT2D eigenvalue weighted by Crippen LogP contribution is -2.43. The minimum absolute atomic E-state index is 0.0952. The van der Waals surface area contributed by atoms with Gasteiger partial charge in [0.2, 0.25) is 6.79 Å². The second kappa shape index (κ2) is 7.75. The molecule has 2 atom stereocenters. The van der Waals surface area contributed by atoms with Crippen molar-refractivity contribution in [3.63, 3.8) is 0 Å². The van der Waals surface area contributed by atoms with Crippen molar-refractivity contribution in [1.82, 2.24) is 5.32 Å². The molecule has 2 aromatic rings. The van der Waals surface area contributed by atoms with Crippen molar-refractivity contribution in [2.75, 3.05) is 25.4 Å². The molecule has 2 heterocycles. The van der Waals surface area contributed by atoms with Gasteiger partial charge in [0, 0.05) is 12.6 Å². The van der Waals surface area contributed by atoms with Crippen molar-refractivity contribution < 1.29 is 31.0 Å². The summed E-state index contributed by atoms with van der Waals surface area (Å²) in [4.78, 5) is 0.0952. The van der Waals surface area contributed by atoms with E-state index in [1.807, 2.05) is 6.07 Å². The Morgan fingerprint density at radius 2 is 1.87 bits per heavy atom. The summed E-state index contributed by atoms with van der Waals surface area (Å²) in [5.41, 5.74) is 1.52. The maximum Gasteiger partial charge on any atom is 0.231 e. The lowest BCUT2D eigenvalue weighted by atomic mass is 10.2. The van der Waals surface area contributed by atoms with Crippen molar-refractivity contribution in [3.8, 4) is 17.2 Å². The molecule has 0 amide bonds. The molecule has 0 aromatic heterocycles. The monoisotopic (exact) mass is 453 g/mol. The Bertz CT molecular complexity index is 1180. The van der Waals surface area contributed by atoms with E-state index in [1.54, 1.807) is 25.1 Å². The number of ether oxygens (including phenoxy) is 3. The summed E-state index contributed by atoms with van der Waals surface area (Å²) >= 11 is 0. The third-order valence-electron chi connectivity index (χ3n) is 5.40. The number of sulfone groups is 2. The molecule has 2 aliphatic rings. The highest BCUT2D eigenvalue weighted by Crippen LogP contribution is 2.33. The summed E-state index contributed by atoms with van der Waals surface area (Å²) < 4.78 is 67.0. The Hall–Kier alpha value is -2.30. The van der Waals surface area contributed by atoms with E-state index in [0.29, 0.717) is 29.4 Å². The lowest BCUT2D eigenvalue weighted by Gasteiger charge is -2.20. The molecular weight excluding hydrogens is 430 g/mol. The summed E-state index contributed by atoms with van der Waals surface area (Å²) in [5, 5.41) is 2.06. The van der Waals surface area contributed by atoms with E-state index in [4.69, 9.17) is 14.2 Å². The van der Waals surface area contributed by atoms with Crippen LogP contribution in [0.5, 0.6) is 17.2 Å². The summed E-state index contributed by atoms with van der Waals surface area (Å²) in [6, 6.07) is 9.26. The van der Waals surface area contributed by atoms with E-state index in [2.05, 4.69) is 5.32 Å². The van der Waals surface area contributed by atoms with Crippen molar-refractivity contribution in [3.05, 3.63) is 47.5 Å². The van der Waals surface area contributed by atoms with Crippen LogP contribution in [0.15, 0.2) is 41.3 Å². The highest BCUT2D eigenvalue weighted by molar-refractivity contribution is 7.96. The average molecular weight is 454 g/mol. The second-order valence-electron chi connectivity index (χ2n) is 7.47. The minimum atomic E-state index is -3.86. The molecule has 0 saturated carbocycles. The number of hydrogen-bond donors (Lipinski definition) is 1. The van der Waals surface area contributed by atoms with Crippen LogP contribution in [0.3, 0.4) is 0 Å². The summed E-state index contributed by atoms with van der Waals surface area (Å²) in [6.45, 7) is 2.22. The normalized spacial score (nSPS) is 22.2. The highest BCUT2D eigenvalue weighted by atomic mass is 32.2. The van der Waals surface area contributed by atoms with E-state index in [1.165, 1.54) is 19.2 Å². The smallest absolute Gasteiger partial charge is 0.231 e. The van der Waals surface area contributed by atoms with E-state index in [9.17, 15) is 16.8 Å². The fraction of sp³-hybridized carbons (Fsp3) is 0.400. The van der Waals surface area contributed by atoms with Crippen molar-refractivity contribution in [1.29, 1.82) is 0 Å². The molecular formula is C20H23NO7S2. The van der Waals surface area contributed by atoms with Gasteiger partial charge in [-0.05, 0) is 48.4 Å². The third kappa shape index (κ3) is 3.99. The molecule has 30 heavy (non-hydrogen) atoms. The molecule has 0 spiro atoms. The zero-order chi connectivity index (χ0) is 21.5. The van der Waals surface area contributed by atoms with Crippen molar-refractivity contribution in [2.45, 2.75) is 29.7 Å². The van der Waals surface area contributed by atoms with Gasteiger partial charge in [-0.25, -0.2) is 16.8 Å². The van der Waals surface area contributed by atoms with Crippen molar-refractivity contribution in [2.24, 2.45) is 0 Å². The highest BCUT2D eigenvalue weighted by Gasteiger charge is 2.45. The molecule has 10 heteroatoms. The van der Waals surface area contributed by atoms with Gasteiger partial charge in [-0.1, -0.05) is 6.07 Å². The van der Waals surface area contributed by atoms with Gasteiger partial charge < -0.3 is 19.5 Å². The van der Waals surface area contributed by atoms with Gasteiger partial charge in [-0.2, -0.15) is 0 Å². The molecule has 4 rings (SSSR count). The Labute approximate surface area is 176 Å². The van der Waals surface area contributed by atoms with Crippen LogP contribution in [0, 0.1) is 6.92 Å². The van der Waals surface area contributed by atoms with Crippen LogP contribution in [0.1, 0.15) is 11.1 Å². The standard InChI is InChI=1S/C20H23NO7S2/c1-13-7-15(4-6-17(13)26-2)30(24,25)20-11-29(22,23)10-16(20)21-9-14-3-5-18-19(8-14)28-12-27-18/h3-8,16,20-21H,9-12H2,1-2H3/t16-,20+/m1/s1. The Kier molecular flexibility index (Phi) is 5.41. The Balaban J connectivity index is 1.57. The first-order valence-corrected chi connectivity index (χ1v) is 12.8. The molecule has 1 fully saturated rings. The zero-order valence-corrected chi connectivity index (χ0v) is 18.3. The van der Waals surface area contributed by atoms with Gasteiger partial charge in [0.05, 0.1) is 28.8 Å². The molecule has 0 radical (unpaired) electrons. The van der Waals surface area contributed by atoms with Gasteiger partial charge in [0.1, 0.15) is 5.75 Å². The number of nitrogens with one attached hydrogen (secondary N) is 1. The van der Waals surface area contributed by atoms with Gasteiger partial charge in [-0.3, -0.25) is 0 Å². The van der Waals surface area contributed by atoms with Crippen LogP contribution in [0.25, 0.3) is 0 Å². The van der Waals surface area contributed by atoms with Crippen LogP contribution in [-0.4, -0.2) is 53.5 Å². The molecule has 162 valence electrons. The molecule has 1 saturated heterocycles. The molecule has 0 aliphatic carbocycles. The summed E-state index contributed by atoms with van der Waals surface area (Å²) in [6.07, 6.45) is 0. The van der Waals surface area contributed by atoms with Gasteiger partial charge >= 0.3 is 0 Å². The number of rotatable bonds is 6. The summed E-state index contributed by atoms with van der Waals surface area (Å²) in [5.74, 6) is 1.21. The maximum atomic E-state index is 13.3. The fourth-order valence-electron chi connectivity index (χ4n) is 3.81. The lowest BCUT2D eigenvalue weighted by molar-refractivity contribution is 0.174. The predicted octanol–water partition coefficient (Wildman–Crippen LogP) is 1.46. The van der Waals surface area contributed by atoms with E-state index in [0.717, 1.165) is 5.56 Å². The molecule has 0 unspecified atom stereocenters. The molecule has 2 aliphatic heterocycles. The Morgan fingerprint density at radius 1 is 1.10 bits per heavy atom. The van der Waals surface area contributed by atoms with Crippen LogP contribution < -0.4 is 19.5 Å². The summed E-state index contributed by atoms with van der Waals surface area (Å²) in [7, 11) is -5.84. The van der Waals surface area contributed by atoms with E-state index >= 15 is 0 Å². The number of hydrogen-bond acceptors (Lipinski definition) is 8. The van der Waals surface area contributed by atoms with Gasteiger partial charge in [-0.15, -0.1) is 0 Å². The molecule has 1 N–H and O–H groups in total. The largest absolute Gasteiger partial charge is 0.496 e. The van der Waals surface area contributed by atoms with Crippen LogP contribution in [0.2, 0.25) is 0 Å². The second-order valence-corrected chi connectivity index (χ2v) is 11.8. The zero-order valence-electron chi connectivity index (χ0n) is 16.6. The molecule has 8 nitrogen and oxygen atoms in total. The predicted molar refractivity (Wildman–Crippen MR) is 111 cm³/mol. The van der Waals surface area contributed by atoms with Crippen LogP contribution in [-0.2, 0) is 26.2 Å². The van der Waals surface area contributed by atoms with Crippen LogP contribution >= 0.6 is 0 Å². The first-order chi connectivity index (χ1) is 14.2. The Morgan fingerprint density at radius 3 is 2.60 bits per heavy atom. The molecule has 2 aromatic carbocycles. The maximum absolute atomic E-state index is 13.3. The van der Waals surface area contributed by atoms with E-state index < -0.39 is 36.7 Å². The number of methoxy groups -OCH3 is 1. The minimum Gasteiger partial charge on any atom is -0.496 e. The third-order valence-corrected chi connectivity index (χ3v) is 9.55. The van der Waals surface area contributed by atoms with Crippen molar-refractivity contribution >= 4 is 19.7 Å². The van der Waals surface area contributed by atoms with Crippen LogP contribution in [0.4, 0.5) is 0 Å². The van der Waals surface area contributed by atoms with Gasteiger partial charge in [0.15, 0.2) is 31.2 Å². The first kappa shape index (κ1) is 21.0. The van der Waals surface area contributed by atoms with Gasteiger partial charge in [0.25, 0.3) is 0 Å². The fourth-order valence-corrected chi connectivity index (χ4v) is 8.61. The van der Waals surface area contributed by atoms with E-state index in [-0.39, 0.29) is 17.4 Å². The molecule has 0 bridgehead atoms. The average Bonchev–Trinajstić information content (AvgIpc) is 3.29. The number of benzene rings is 2. The quantitative estimate of drug-likeness (QED) is 0.701. The first-order valence-electron chi connectivity index (χ1n) is 9.40. The SMILES string of the molecule is COc1ccc(S(=O)(=O)[C@H]2CS(=O)(=O)C[C@H]2NCc2ccc3c(c2)OCO3)cc1C. The topological polar surface area (TPSA) is 108 Å². The number of fused-ring (bicyclic) bond motifs is 1. The number of aryl methyl sites for hydroxylation is 1.